The van der Waals surface area contributed by atoms with Gasteiger partial charge in [-0.25, -0.2) is 4.79 Å². The maximum absolute atomic E-state index is 14.8. The van der Waals surface area contributed by atoms with Crippen molar-refractivity contribution in [2.24, 2.45) is 50.2 Å². The van der Waals surface area contributed by atoms with Crippen LogP contribution < -0.4 is 0 Å². The van der Waals surface area contributed by atoms with E-state index in [0.29, 0.717) is 44.9 Å². The lowest BCUT2D eigenvalue weighted by molar-refractivity contribution is -0.375. The van der Waals surface area contributed by atoms with Gasteiger partial charge in [0.15, 0.2) is 31.1 Å². The minimum Gasteiger partial charge on any atom is -0.479 e. The van der Waals surface area contributed by atoms with Crippen LogP contribution in [-0.2, 0) is 47.5 Å². The molecule has 452 valence electrons. The molecule has 4 saturated heterocycles. The van der Waals surface area contributed by atoms with Gasteiger partial charge in [-0.15, -0.1) is 0 Å². The monoisotopic (exact) mass is 1130 g/mol. The molecule has 0 aromatic carbocycles. The van der Waals surface area contributed by atoms with Gasteiger partial charge >= 0.3 is 11.9 Å². The Labute approximate surface area is 457 Å². The molecule has 4 aliphatic heterocycles. The Kier molecular flexibility index (Phi) is 17.4. The van der Waals surface area contributed by atoms with Gasteiger partial charge in [0.1, 0.15) is 85.5 Å². The van der Waals surface area contributed by atoms with Crippen molar-refractivity contribution in [3.05, 3.63) is 11.6 Å². The molecule has 0 unspecified atom stereocenters. The van der Waals surface area contributed by atoms with Crippen molar-refractivity contribution in [1.29, 1.82) is 0 Å². The van der Waals surface area contributed by atoms with Gasteiger partial charge in [0.25, 0.3) is 0 Å². The van der Waals surface area contributed by atoms with Crippen LogP contribution in [0.4, 0.5) is 0 Å². The Morgan fingerprint density at radius 1 is 0.557 bits per heavy atom. The van der Waals surface area contributed by atoms with Gasteiger partial charge in [-0.1, -0.05) is 46.3 Å². The quantitative estimate of drug-likeness (QED) is 0.0497. The summed E-state index contributed by atoms with van der Waals surface area (Å²) in [4.78, 5) is 27.1. The molecule has 30 atom stereocenters. The third-order valence-corrected chi connectivity index (χ3v) is 21.8. The van der Waals surface area contributed by atoms with Crippen LogP contribution in [0.15, 0.2) is 11.6 Å². The van der Waals surface area contributed by atoms with Gasteiger partial charge in [-0.05, 0) is 111 Å². The normalized spacial score (nSPS) is 54.8. The first-order valence-corrected chi connectivity index (χ1v) is 28.0. The number of aliphatic hydroxyl groups excluding tert-OH is 14. The fourth-order valence-electron chi connectivity index (χ4n) is 16.4. The molecule has 79 heavy (non-hydrogen) atoms. The van der Waals surface area contributed by atoms with Crippen molar-refractivity contribution in [1.82, 2.24) is 0 Å². The highest BCUT2D eigenvalue weighted by atomic mass is 16.8. The number of ether oxygens (including phenoxy) is 8. The van der Waals surface area contributed by atoms with Crippen molar-refractivity contribution in [2.75, 3.05) is 26.4 Å². The molecule has 9 aliphatic rings. The summed E-state index contributed by atoms with van der Waals surface area (Å²) in [6.45, 7) is 10.2. The lowest BCUT2D eigenvalue weighted by Crippen LogP contribution is -2.68. The largest absolute Gasteiger partial charge is 0.479 e. The Morgan fingerprint density at radius 2 is 1.08 bits per heavy atom. The van der Waals surface area contributed by atoms with Crippen molar-refractivity contribution in [2.45, 2.75) is 235 Å². The molecule has 0 aromatic heterocycles. The number of carboxylic acid groups (broad SMARTS) is 1. The molecule has 0 amide bonds. The number of aliphatic carboxylic acids is 1. The van der Waals surface area contributed by atoms with Gasteiger partial charge in [0.2, 0.25) is 6.29 Å². The molecule has 25 heteroatoms. The van der Waals surface area contributed by atoms with Crippen LogP contribution in [0.3, 0.4) is 0 Å². The Hall–Kier alpha value is -2.16. The van der Waals surface area contributed by atoms with Crippen molar-refractivity contribution in [3.8, 4) is 0 Å². The highest BCUT2D eigenvalue weighted by Crippen LogP contribution is 2.76. The van der Waals surface area contributed by atoms with E-state index in [0.717, 1.165) is 19.3 Å². The number of hydrogen-bond donors (Lipinski definition) is 15. The van der Waals surface area contributed by atoms with Gasteiger partial charge in [0.05, 0.1) is 37.9 Å². The number of rotatable bonds is 13. The minimum absolute atomic E-state index is 0.0792. The molecule has 15 N–H and O–H groups in total. The molecular weight excluding hydrogens is 1050 g/mol. The zero-order valence-electron chi connectivity index (χ0n) is 45.6. The van der Waals surface area contributed by atoms with E-state index in [4.69, 9.17) is 37.9 Å². The van der Waals surface area contributed by atoms with E-state index in [1.54, 1.807) is 0 Å². The molecule has 0 bridgehead atoms. The molecule has 9 rings (SSSR count). The number of allylic oxidation sites excluding steroid dienone is 2. The van der Waals surface area contributed by atoms with Crippen LogP contribution in [-0.4, -0.2) is 244 Å². The Bertz CT molecular complexity index is 2220. The van der Waals surface area contributed by atoms with E-state index in [9.17, 15) is 86.2 Å². The molecule has 8 fully saturated rings. The molecule has 4 heterocycles. The SMILES string of the molecule is C[C@@]1(C(=O)O[C@@H]2O[C@H](CO)[C@@H](O)[C@H](O)[C@H]2O[C@@H]2O[C@H](CO)[C@@H](O)[C@H](O)[C@H]2O)CC[C@]2(C)CC[C@]3(C)C(=CC[C@H]4[C@@]5(C)CC[C@H](O[C@@H]6O[C@H](C(=O)O)[C@@H](O)[C@H](O)[C@H]6O[C@@H]6O[C@H](CO)[C@@H](O)[C@H](O)[C@H]6O)[C@](C)(CO)[C@H]5CC[C@]43C)[C@@H]2C1. The first-order valence-electron chi connectivity index (χ1n) is 28.0. The van der Waals surface area contributed by atoms with Crippen LogP contribution in [0.25, 0.3) is 0 Å². The van der Waals surface area contributed by atoms with Crippen LogP contribution in [0.1, 0.15) is 106 Å². The molecule has 4 saturated carbocycles. The number of hydrogen-bond acceptors (Lipinski definition) is 24. The van der Waals surface area contributed by atoms with Crippen LogP contribution in [0, 0.1) is 50.2 Å². The molecule has 5 aliphatic carbocycles. The molecule has 25 nitrogen and oxygen atoms in total. The summed E-state index contributed by atoms with van der Waals surface area (Å²) in [5, 5.41) is 159. The first kappa shape index (κ1) is 61.4. The summed E-state index contributed by atoms with van der Waals surface area (Å²) < 4.78 is 47.3. The molecule has 0 spiro atoms. The number of carbonyl (C=O) groups excluding carboxylic acids is 1. The summed E-state index contributed by atoms with van der Waals surface area (Å²) in [7, 11) is 0. The smallest absolute Gasteiger partial charge is 0.335 e. The van der Waals surface area contributed by atoms with Crippen LogP contribution >= 0.6 is 0 Å². The van der Waals surface area contributed by atoms with Gasteiger partial charge < -0.3 is 114 Å². The first-order chi connectivity index (χ1) is 37.0. The summed E-state index contributed by atoms with van der Waals surface area (Å²) in [5.74, 6) is -2.49. The zero-order valence-corrected chi connectivity index (χ0v) is 45.6. The van der Waals surface area contributed by atoms with E-state index in [1.807, 2.05) is 13.8 Å². The van der Waals surface area contributed by atoms with Gasteiger partial charge in [-0.3, -0.25) is 4.79 Å². The third-order valence-electron chi connectivity index (χ3n) is 21.8. The van der Waals surface area contributed by atoms with E-state index < -0.39 is 177 Å². The third kappa shape index (κ3) is 9.95. The van der Waals surface area contributed by atoms with Gasteiger partial charge in [0, 0.05) is 5.41 Å². The van der Waals surface area contributed by atoms with Crippen molar-refractivity contribution >= 4 is 11.9 Å². The second-order valence-electron chi connectivity index (χ2n) is 26.0. The molecule has 0 radical (unpaired) electrons. The lowest BCUT2D eigenvalue weighted by atomic mass is 9.33. The van der Waals surface area contributed by atoms with Crippen LogP contribution in [0.5, 0.6) is 0 Å². The second kappa shape index (κ2) is 22.4. The van der Waals surface area contributed by atoms with Crippen molar-refractivity contribution < 1.29 is 124 Å². The van der Waals surface area contributed by atoms with E-state index in [1.165, 1.54) is 5.57 Å². The number of fused-ring (bicyclic) bond motifs is 7. The maximum Gasteiger partial charge on any atom is 0.335 e. The van der Waals surface area contributed by atoms with E-state index >= 15 is 0 Å². The Balaban J connectivity index is 0.947. The Morgan fingerprint density at radius 3 is 1.62 bits per heavy atom. The van der Waals surface area contributed by atoms with Crippen molar-refractivity contribution in [3.63, 3.8) is 0 Å². The van der Waals surface area contributed by atoms with Crippen LogP contribution in [0.2, 0.25) is 0 Å². The fraction of sp³-hybridized carbons (Fsp3) is 0.926. The highest BCUT2D eigenvalue weighted by Gasteiger charge is 2.70. The fourth-order valence-corrected chi connectivity index (χ4v) is 16.4. The summed E-state index contributed by atoms with van der Waals surface area (Å²) >= 11 is 0. The minimum atomic E-state index is -2.05. The number of carbonyl (C=O) groups is 2. The summed E-state index contributed by atoms with van der Waals surface area (Å²) in [6, 6.07) is 0. The zero-order chi connectivity index (χ0) is 57.9. The number of esters is 1. The summed E-state index contributed by atoms with van der Waals surface area (Å²) in [6.07, 6.45) is -27.6. The number of aliphatic hydroxyl groups is 14. The lowest BCUT2D eigenvalue weighted by Gasteiger charge is -2.71. The second-order valence-corrected chi connectivity index (χ2v) is 26.0. The standard InChI is InChI=1S/C54H86O25/c1-49-13-14-50(2,48(71)79-46-41(35(64)32(61)26(20-57)74-46)77-44-38(67)33(62)30(59)24(18-55)72-44)17-23(49)22-7-8-28-51(3)11-10-29(52(4,21-58)27(51)9-12-54(28,6)53(22,5)16-15-49)75-47-42(37(66)36(65)40(76-47)43(69)70)78-45-39(68)34(63)31(60)25(19-56)73-45/h7,23-42,44-47,55-68H,8-21H2,1-6H3,(H,69,70)/t23-,24+,25+,26+,27-,28-,29-,30+,31+,32+,33-,34-,35-,36-,37-,38+,39+,40-,41+,42+,44-,45-,46-,47+,49+,50+,51-,52+,53+,54+/m0/s1. The maximum atomic E-state index is 14.8. The predicted molar refractivity (Wildman–Crippen MR) is 265 cm³/mol. The van der Waals surface area contributed by atoms with Gasteiger partial charge in [-0.2, -0.15) is 0 Å². The summed E-state index contributed by atoms with van der Waals surface area (Å²) in [5.41, 5.74) is -2.13. The topological polar surface area (TPSA) is 411 Å². The van der Waals surface area contributed by atoms with E-state index in [2.05, 4.69) is 33.8 Å². The molecule has 0 aromatic rings. The number of carboxylic acids is 1. The average molecular weight is 1140 g/mol. The molecular formula is C54H86O25. The predicted octanol–water partition coefficient (Wildman–Crippen LogP) is -2.97. The highest BCUT2D eigenvalue weighted by molar-refractivity contribution is 5.77. The van der Waals surface area contributed by atoms with E-state index in [-0.39, 0.29) is 40.6 Å². The average Bonchev–Trinajstić information content (AvgIpc) is 3.44.